The van der Waals surface area contributed by atoms with E-state index in [1.165, 1.54) is 6.92 Å². The normalized spacial score (nSPS) is 18.6. The average Bonchev–Trinajstić information content (AvgIpc) is 3.16. The Balaban J connectivity index is 1.67. The van der Waals surface area contributed by atoms with Crippen molar-refractivity contribution >= 4 is 11.8 Å². The zero-order valence-electron chi connectivity index (χ0n) is 14.5. The highest BCUT2D eigenvalue weighted by Crippen LogP contribution is 2.24. The van der Waals surface area contributed by atoms with Crippen molar-refractivity contribution in [1.82, 2.24) is 19.8 Å². The fourth-order valence-electron chi connectivity index (χ4n) is 3.40. The van der Waals surface area contributed by atoms with Gasteiger partial charge in [-0.25, -0.2) is 4.98 Å². The Morgan fingerprint density at radius 2 is 2.12 bits per heavy atom. The molecule has 0 saturated carbocycles. The molecule has 2 aromatic rings. The van der Waals surface area contributed by atoms with Gasteiger partial charge in [0.1, 0.15) is 0 Å². The Hall–Kier alpha value is -2.63. The minimum absolute atomic E-state index is 0.0763. The van der Waals surface area contributed by atoms with E-state index in [2.05, 4.69) is 14.9 Å². The van der Waals surface area contributed by atoms with E-state index in [4.69, 9.17) is 0 Å². The number of aromatic nitrogens is 2. The Kier molecular flexibility index (Phi) is 5.48. The zero-order chi connectivity index (χ0) is 17.6. The number of benzene rings is 1. The first-order valence-electron chi connectivity index (χ1n) is 8.70. The van der Waals surface area contributed by atoms with Crippen molar-refractivity contribution in [1.29, 1.82) is 0 Å². The highest BCUT2D eigenvalue weighted by atomic mass is 16.2. The van der Waals surface area contributed by atoms with Crippen LogP contribution in [0.2, 0.25) is 0 Å². The molecule has 0 radical (unpaired) electrons. The summed E-state index contributed by atoms with van der Waals surface area (Å²) in [6, 6.07) is 9.64. The first kappa shape index (κ1) is 17.2. The summed E-state index contributed by atoms with van der Waals surface area (Å²) >= 11 is 0. The van der Waals surface area contributed by atoms with Gasteiger partial charge in [0.2, 0.25) is 11.8 Å². The smallest absolute Gasteiger partial charge is 0.225 e. The first-order chi connectivity index (χ1) is 12.1. The number of nitrogens with zero attached hydrogens (tertiary/aromatic N) is 3. The molecule has 25 heavy (non-hydrogen) atoms. The topological polar surface area (TPSA) is 67.2 Å². The van der Waals surface area contributed by atoms with Gasteiger partial charge in [-0.1, -0.05) is 30.3 Å². The standard InChI is InChI=1S/C19H24N4O2/c1-15(24)21-18(16-6-3-2-4-7-16)12-19(25)22-10-5-8-17(13-22)23-11-9-20-14-23/h2-4,6-7,9,11,14,17-18H,5,8,10,12-13H2,1H3,(H,21,24)/t17-,18-/m0/s1. The molecule has 3 rings (SSSR count). The summed E-state index contributed by atoms with van der Waals surface area (Å²) in [6.07, 6.45) is 7.83. The predicted molar refractivity (Wildman–Crippen MR) is 94.7 cm³/mol. The van der Waals surface area contributed by atoms with E-state index in [1.807, 2.05) is 47.8 Å². The molecule has 1 aromatic carbocycles. The number of imidazole rings is 1. The number of amides is 2. The third kappa shape index (κ3) is 4.47. The molecule has 1 N–H and O–H groups in total. The second-order valence-corrected chi connectivity index (χ2v) is 6.51. The van der Waals surface area contributed by atoms with Gasteiger partial charge in [-0.2, -0.15) is 0 Å². The molecule has 1 saturated heterocycles. The minimum Gasteiger partial charge on any atom is -0.349 e. The minimum atomic E-state index is -0.292. The lowest BCUT2D eigenvalue weighted by Crippen LogP contribution is -2.42. The van der Waals surface area contributed by atoms with Crippen LogP contribution in [0.1, 0.15) is 43.8 Å². The summed E-state index contributed by atoms with van der Waals surface area (Å²) in [5.74, 6) is -0.0518. The lowest BCUT2D eigenvalue weighted by molar-refractivity contribution is -0.133. The van der Waals surface area contributed by atoms with Crippen LogP contribution in [0.15, 0.2) is 49.1 Å². The summed E-state index contributed by atoms with van der Waals surface area (Å²) in [5, 5.41) is 2.90. The van der Waals surface area contributed by atoms with E-state index >= 15 is 0 Å². The fourth-order valence-corrected chi connectivity index (χ4v) is 3.40. The molecule has 0 unspecified atom stereocenters. The van der Waals surface area contributed by atoms with Gasteiger partial charge in [-0.15, -0.1) is 0 Å². The number of carbonyl (C=O) groups is 2. The lowest BCUT2D eigenvalue weighted by Gasteiger charge is -2.34. The van der Waals surface area contributed by atoms with Crippen LogP contribution in [-0.4, -0.2) is 39.4 Å². The Morgan fingerprint density at radius 1 is 1.32 bits per heavy atom. The Bertz CT molecular complexity index is 699. The largest absolute Gasteiger partial charge is 0.349 e. The van der Waals surface area contributed by atoms with Crippen molar-refractivity contribution in [2.75, 3.05) is 13.1 Å². The summed E-state index contributed by atoms with van der Waals surface area (Å²) in [7, 11) is 0. The number of piperidine rings is 1. The van der Waals surface area contributed by atoms with Crippen molar-refractivity contribution < 1.29 is 9.59 Å². The van der Waals surface area contributed by atoms with Crippen LogP contribution in [0.25, 0.3) is 0 Å². The maximum Gasteiger partial charge on any atom is 0.225 e. The second kappa shape index (κ2) is 7.96. The summed E-state index contributed by atoms with van der Waals surface area (Å²) in [4.78, 5) is 30.4. The van der Waals surface area contributed by atoms with Gasteiger partial charge in [-0.05, 0) is 18.4 Å². The molecular formula is C19H24N4O2. The predicted octanol–water partition coefficient (Wildman–Crippen LogP) is 2.31. The molecule has 1 aliphatic heterocycles. The van der Waals surface area contributed by atoms with Crippen molar-refractivity contribution in [3.05, 3.63) is 54.6 Å². The summed E-state index contributed by atoms with van der Waals surface area (Å²) in [6.45, 7) is 2.94. The van der Waals surface area contributed by atoms with Crippen LogP contribution < -0.4 is 5.32 Å². The van der Waals surface area contributed by atoms with Gasteiger partial charge >= 0.3 is 0 Å². The Morgan fingerprint density at radius 3 is 2.80 bits per heavy atom. The molecule has 2 atom stereocenters. The number of nitrogens with one attached hydrogen (secondary N) is 1. The quantitative estimate of drug-likeness (QED) is 0.908. The van der Waals surface area contributed by atoms with E-state index in [1.54, 1.807) is 6.20 Å². The SMILES string of the molecule is CC(=O)N[C@@H](CC(=O)N1CCC[C@H](n2ccnc2)C1)c1ccccc1. The molecule has 1 aliphatic rings. The van der Waals surface area contributed by atoms with E-state index in [0.717, 1.165) is 24.9 Å². The Labute approximate surface area is 147 Å². The zero-order valence-corrected chi connectivity index (χ0v) is 14.5. The third-order valence-corrected chi connectivity index (χ3v) is 4.65. The van der Waals surface area contributed by atoms with E-state index < -0.39 is 0 Å². The van der Waals surface area contributed by atoms with Crippen LogP contribution in [0, 0.1) is 0 Å². The maximum absolute atomic E-state index is 12.8. The van der Waals surface area contributed by atoms with E-state index in [0.29, 0.717) is 6.54 Å². The molecule has 6 nitrogen and oxygen atoms in total. The molecule has 2 heterocycles. The van der Waals surface area contributed by atoms with Crippen molar-refractivity contribution in [3.8, 4) is 0 Å². The number of rotatable bonds is 5. The van der Waals surface area contributed by atoms with Gasteiger partial charge in [0, 0.05) is 32.4 Å². The first-order valence-corrected chi connectivity index (χ1v) is 8.70. The summed E-state index contributed by atoms with van der Waals surface area (Å²) in [5.41, 5.74) is 0.953. The van der Waals surface area contributed by atoms with Gasteiger partial charge in [0.05, 0.1) is 24.8 Å². The highest BCUT2D eigenvalue weighted by molar-refractivity contribution is 5.79. The average molecular weight is 340 g/mol. The van der Waals surface area contributed by atoms with Gasteiger partial charge in [0.15, 0.2) is 0 Å². The van der Waals surface area contributed by atoms with Crippen LogP contribution in [0.3, 0.4) is 0 Å². The second-order valence-electron chi connectivity index (χ2n) is 6.51. The lowest BCUT2D eigenvalue weighted by atomic mass is 10.0. The molecular weight excluding hydrogens is 316 g/mol. The molecule has 0 aliphatic carbocycles. The maximum atomic E-state index is 12.8. The fraction of sp³-hybridized carbons (Fsp3) is 0.421. The number of likely N-dealkylation sites (tertiary alicyclic amines) is 1. The third-order valence-electron chi connectivity index (χ3n) is 4.65. The molecule has 1 aromatic heterocycles. The van der Waals surface area contributed by atoms with E-state index in [9.17, 15) is 9.59 Å². The van der Waals surface area contributed by atoms with Gasteiger partial charge < -0.3 is 14.8 Å². The van der Waals surface area contributed by atoms with Crippen LogP contribution >= 0.6 is 0 Å². The molecule has 0 spiro atoms. The monoisotopic (exact) mass is 340 g/mol. The molecule has 0 bridgehead atoms. The number of carbonyl (C=O) groups excluding carboxylic acids is 2. The number of hydrogen-bond donors (Lipinski definition) is 1. The van der Waals surface area contributed by atoms with Crippen LogP contribution in [0.4, 0.5) is 0 Å². The number of hydrogen-bond acceptors (Lipinski definition) is 3. The molecule has 6 heteroatoms. The van der Waals surface area contributed by atoms with Crippen LogP contribution in [0.5, 0.6) is 0 Å². The van der Waals surface area contributed by atoms with Crippen molar-refractivity contribution in [3.63, 3.8) is 0 Å². The highest BCUT2D eigenvalue weighted by Gasteiger charge is 2.27. The van der Waals surface area contributed by atoms with Gasteiger partial charge in [-0.3, -0.25) is 9.59 Å². The van der Waals surface area contributed by atoms with Crippen molar-refractivity contribution in [2.24, 2.45) is 0 Å². The molecule has 1 fully saturated rings. The van der Waals surface area contributed by atoms with Crippen molar-refractivity contribution in [2.45, 2.75) is 38.3 Å². The molecule has 132 valence electrons. The molecule has 2 amide bonds. The summed E-state index contributed by atoms with van der Waals surface area (Å²) < 4.78 is 2.07. The van der Waals surface area contributed by atoms with E-state index in [-0.39, 0.29) is 30.3 Å². The van der Waals surface area contributed by atoms with Gasteiger partial charge in [0.25, 0.3) is 0 Å². The van der Waals surface area contributed by atoms with Crippen LogP contribution in [-0.2, 0) is 9.59 Å².